The van der Waals surface area contributed by atoms with Gasteiger partial charge in [0, 0.05) is 12.0 Å². The van der Waals surface area contributed by atoms with Crippen molar-refractivity contribution in [3.8, 4) is 16.9 Å². The third-order valence-corrected chi connectivity index (χ3v) is 8.15. The van der Waals surface area contributed by atoms with E-state index >= 15 is 0 Å². The lowest BCUT2D eigenvalue weighted by Crippen LogP contribution is -2.47. The minimum atomic E-state index is -4.74. The zero-order valence-corrected chi connectivity index (χ0v) is 20.3. The highest BCUT2D eigenvalue weighted by Crippen LogP contribution is 2.42. The van der Waals surface area contributed by atoms with E-state index in [1.165, 1.54) is 37.4 Å². The van der Waals surface area contributed by atoms with Crippen LogP contribution in [0.3, 0.4) is 0 Å². The number of anilines is 1. The number of ether oxygens (including phenoxy) is 2. The molecule has 0 saturated carbocycles. The summed E-state index contributed by atoms with van der Waals surface area (Å²) in [6, 6.07) is 7.61. The van der Waals surface area contributed by atoms with Crippen LogP contribution in [0.1, 0.15) is 19.3 Å². The average molecular weight is 544 g/mol. The molecule has 0 fully saturated rings. The molecule has 1 heterocycles. The van der Waals surface area contributed by atoms with Gasteiger partial charge in [0.15, 0.2) is 11.6 Å². The molecule has 2 aliphatic rings. The van der Waals surface area contributed by atoms with E-state index in [2.05, 4.69) is 4.74 Å². The molecular formula is C25H22F5NO5S. The van der Waals surface area contributed by atoms with E-state index < -0.39 is 50.7 Å². The molecule has 12 heteroatoms. The van der Waals surface area contributed by atoms with Crippen LogP contribution in [-0.4, -0.2) is 45.6 Å². The van der Waals surface area contributed by atoms with Gasteiger partial charge in [-0.05, 0) is 36.6 Å². The Hall–Kier alpha value is -3.41. The maximum atomic E-state index is 14.5. The molecule has 1 unspecified atom stereocenters. The van der Waals surface area contributed by atoms with Crippen LogP contribution in [0.4, 0.5) is 27.6 Å². The number of alkyl halides is 3. The average Bonchev–Trinajstić information content (AvgIpc) is 2.87. The number of hydrogen-bond acceptors (Lipinski definition) is 5. The first-order chi connectivity index (χ1) is 17.4. The zero-order valence-electron chi connectivity index (χ0n) is 19.5. The van der Waals surface area contributed by atoms with Crippen molar-refractivity contribution in [2.24, 2.45) is 0 Å². The first kappa shape index (κ1) is 26.6. The molecule has 1 aliphatic heterocycles. The Bertz CT molecular complexity index is 1370. The number of carbonyl (C=O) groups is 1. The largest absolute Gasteiger partial charge is 0.486 e. The summed E-state index contributed by atoms with van der Waals surface area (Å²) >= 11 is 0. The number of carbonyl (C=O) groups excluding carboxylic acids is 1. The Labute approximate surface area is 210 Å². The van der Waals surface area contributed by atoms with Crippen LogP contribution in [0.5, 0.6) is 5.75 Å². The van der Waals surface area contributed by atoms with Crippen molar-refractivity contribution in [2.75, 3.05) is 18.0 Å². The van der Waals surface area contributed by atoms with E-state index in [9.17, 15) is 35.2 Å². The fourth-order valence-corrected chi connectivity index (χ4v) is 5.98. The van der Waals surface area contributed by atoms with E-state index in [4.69, 9.17) is 4.74 Å². The van der Waals surface area contributed by atoms with Gasteiger partial charge in [-0.15, -0.1) is 0 Å². The van der Waals surface area contributed by atoms with Gasteiger partial charge in [0.05, 0.1) is 24.9 Å². The second-order valence-corrected chi connectivity index (χ2v) is 10.6. The third kappa shape index (κ3) is 5.48. The molecule has 0 radical (unpaired) electrons. The summed E-state index contributed by atoms with van der Waals surface area (Å²) in [6.45, 7) is -0.309. The molecule has 1 aliphatic carbocycles. The van der Waals surface area contributed by atoms with Crippen LogP contribution >= 0.6 is 0 Å². The number of hydrogen-bond donors (Lipinski definition) is 0. The van der Waals surface area contributed by atoms with Crippen molar-refractivity contribution < 1.29 is 44.6 Å². The molecule has 2 aromatic rings. The summed E-state index contributed by atoms with van der Waals surface area (Å²) in [6.07, 6.45) is -3.14. The maximum Gasteiger partial charge on any atom is 0.416 e. The minimum absolute atomic E-state index is 0.0352. The molecule has 0 saturated heterocycles. The second kappa shape index (κ2) is 10.2. The topological polar surface area (TPSA) is 72.9 Å². The van der Waals surface area contributed by atoms with Crippen molar-refractivity contribution in [3.63, 3.8) is 0 Å². The van der Waals surface area contributed by atoms with Crippen LogP contribution in [0, 0.1) is 11.6 Å². The fourth-order valence-electron chi connectivity index (χ4n) is 4.19. The Kier molecular flexibility index (Phi) is 7.31. The van der Waals surface area contributed by atoms with Gasteiger partial charge in [0.1, 0.15) is 17.1 Å². The number of esters is 1. The van der Waals surface area contributed by atoms with E-state index in [0.717, 1.165) is 22.5 Å². The quantitative estimate of drug-likeness (QED) is 0.365. The van der Waals surface area contributed by atoms with Gasteiger partial charge < -0.3 is 9.47 Å². The summed E-state index contributed by atoms with van der Waals surface area (Å²) < 4.78 is 107. The number of rotatable bonds is 6. The first-order valence-corrected chi connectivity index (χ1v) is 12.7. The van der Waals surface area contributed by atoms with Gasteiger partial charge in [-0.25, -0.2) is 17.2 Å². The van der Waals surface area contributed by atoms with Crippen LogP contribution in [-0.2, 0) is 19.6 Å². The van der Waals surface area contributed by atoms with Crippen LogP contribution in [0.2, 0.25) is 0 Å². The molecule has 0 N–H and O–H groups in total. The molecule has 4 rings (SSSR count). The van der Waals surface area contributed by atoms with E-state index in [-0.39, 0.29) is 48.4 Å². The normalized spacial score (nSPS) is 19.6. The Morgan fingerprint density at radius 1 is 1.19 bits per heavy atom. The number of allylic oxidation sites excluding steroid dienone is 3. The van der Waals surface area contributed by atoms with E-state index in [1.807, 2.05) is 0 Å². The Morgan fingerprint density at radius 3 is 2.65 bits per heavy atom. The van der Waals surface area contributed by atoms with E-state index in [0.29, 0.717) is 6.08 Å². The molecule has 2 aromatic carbocycles. The summed E-state index contributed by atoms with van der Waals surface area (Å²) in [5, 5.41) is -1.53. The Morgan fingerprint density at radius 2 is 1.95 bits per heavy atom. The summed E-state index contributed by atoms with van der Waals surface area (Å²) in [5.41, 5.74) is -1.11. The molecule has 6 nitrogen and oxygen atoms in total. The number of sulfonamides is 1. The van der Waals surface area contributed by atoms with Crippen LogP contribution in [0.25, 0.3) is 11.1 Å². The lowest BCUT2D eigenvalue weighted by atomic mass is 10.0. The summed E-state index contributed by atoms with van der Waals surface area (Å²) in [4.78, 5) is 11.6. The number of benzene rings is 2. The maximum absolute atomic E-state index is 14.5. The highest BCUT2D eigenvalue weighted by Gasteiger charge is 2.41. The zero-order chi connectivity index (χ0) is 27.0. The molecule has 0 amide bonds. The van der Waals surface area contributed by atoms with Crippen molar-refractivity contribution in [2.45, 2.75) is 36.8 Å². The van der Waals surface area contributed by atoms with Gasteiger partial charge in [-0.3, -0.25) is 9.10 Å². The number of methoxy groups -OCH3 is 1. The van der Waals surface area contributed by atoms with Crippen molar-refractivity contribution in [1.29, 1.82) is 0 Å². The van der Waals surface area contributed by atoms with Crippen molar-refractivity contribution in [3.05, 3.63) is 71.8 Å². The molecule has 0 spiro atoms. The first-order valence-electron chi connectivity index (χ1n) is 11.2. The predicted molar refractivity (Wildman–Crippen MR) is 125 cm³/mol. The van der Waals surface area contributed by atoms with Gasteiger partial charge in [0.2, 0.25) is 10.0 Å². The molecule has 0 aromatic heterocycles. The lowest BCUT2D eigenvalue weighted by Gasteiger charge is -2.37. The predicted octanol–water partition coefficient (Wildman–Crippen LogP) is 5.30. The molecule has 0 bridgehead atoms. The summed E-state index contributed by atoms with van der Waals surface area (Å²) in [7, 11) is -3.25. The Balaban J connectivity index is 1.78. The molecule has 2 atom stereocenters. The SMILES string of the molecule is COC(=O)CC[C@H]1CN(S(=O)(=O)C2C=C(C(F)(F)F)C=CC2)c2cc(-c3cccc(F)c3F)ccc2O1. The summed E-state index contributed by atoms with van der Waals surface area (Å²) in [5.74, 6) is -2.72. The molecule has 198 valence electrons. The minimum Gasteiger partial charge on any atom is -0.486 e. The standard InChI is InChI=1S/C25H22F5NO5S/c1-35-23(32)11-9-17-14-31(37(33,34)18-5-2-4-16(13-18)25(28,29)30)21-12-15(8-10-22(21)36-17)19-6-3-7-20(26)24(19)27/h2-4,6-8,10,12-13,17-18H,5,9,11,14H2,1H3/t17-,18?/m0/s1. The number of fused-ring (bicyclic) bond motifs is 1. The fraction of sp³-hybridized carbons (Fsp3) is 0.320. The van der Waals surface area contributed by atoms with Gasteiger partial charge in [-0.2, -0.15) is 13.2 Å². The number of halogens is 5. The number of nitrogens with zero attached hydrogens (tertiary/aromatic N) is 1. The van der Waals surface area contributed by atoms with E-state index in [1.54, 1.807) is 0 Å². The highest BCUT2D eigenvalue weighted by atomic mass is 32.2. The van der Waals surface area contributed by atoms with Crippen molar-refractivity contribution >= 4 is 21.7 Å². The second-order valence-electron chi connectivity index (χ2n) is 8.51. The third-order valence-electron chi connectivity index (χ3n) is 6.10. The van der Waals surface area contributed by atoms with Crippen LogP contribution in [0.15, 0.2) is 60.2 Å². The van der Waals surface area contributed by atoms with Gasteiger partial charge in [0.25, 0.3) is 0 Å². The monoisotopic (exact) mass is 543 g/mol. The molecular weight excluding hydrogens is 521 g/mol. The smallest absolute Gasteiger partial charge is 0.416 e. The van der Waals surface area contributed by atoms with Crippen molar-refractivity contribution in [1.82, 2.24) is 0 Å². The van der Waals surface area contributed by atoms with Gasteiger partial charge in [-0.1, -0.05) is 36.4 Å². The van der Waals surface area contributed by atoms with Crippen LogP contribution < -0.4 is 9.04 Å². The lowest BCUT2D eigenvalue weighted by molar-refractivity contribution is -0.141. The highest BCUT2D eigenvalue weighted by molar-refractivity contribution is 7.93. The molecule has 37 heavy (non-hydrogen) atoms. The van der Waals surface area contributed by atoms with Gasteiger partial charge >= 0.3 is 12.1 Å².